The summed E-state index contributed by atoms with van der Waals surface area (Å²) in [7, 11) is 0. The van der Waals surface area contributed by atoms with Gasteiger partial charge in [-0.25, -0.2) is 4.98 Å². The fourth-order valence-corrected chi connectivity index (χ4v) is 3.19. The van der Waals surface area contributed by atoms with Crippen molar-refractivity contribution in [3.05, 3.63) is 41.4 Å². The maximum Gasteiger partial charge on any atom is 0.253 e. The lowest BCUT2D eigenvalue weighted by Gasteiger charge is -2.29. The van der Waals surface area contributed by atoms with Crippen LogP contribution in [0.4, 0.5) is 5.69 Å². The average Bonchev–Trinajstić information content (AvgIpc) is 3.08. The summed E-state index contributed by atoms with van der Waals surface area (Å²) >= 11 is 6.25. The Morgan fingerprint density at radius 3 is 2.83 bits per heavy atom. The molecule has 2 heterocycles. The highest BCUT2D eigenvalue weighted by Gasteiger charge is 2.17. The van der Waals surface area contributed by atoms with Gasteiger partial charge in [0.2, 0.25) is 0 Å². The molecular formula is C17H22ClN5O. The molecule has 0 saturated carbocycles. The predicted molar refractivity (Wildman–Crippen MR) is 94.5 cm³/mol. The van der Waals surface area contributed by atoms with Crippen LogP contribution in [-0.4, -0.2) is 39.8 Å². The lowest BCUT2D eigenvalue weighted by molar-refractivity contribution is 0.0936. The summed E-state index contributed by atoms with van der Waals surface area (Å²) in [6.07, 6.45) is 6.77. The number of benzene rings is 1. The van der Waals surface area contributed by atoms with Crippen molar-refractivity contribution in [2.45, 2.75) is 38.8 Å². The lowest BCUT2D eigenvalue weighted by atomic mass is 10.1. The number of halogens is 1. The first kappa shape index (κ1) is 16.8. The smallest absolute Gasteiger partial charge is 0.253 e. The third kappa shape index (κ3) is 4.06. The molecule has 7 heteroatoms. The highest BCUT2D eigenvalue weighted by Crippen LogP contribution is 2.25. The fraction of sp³-hybridized carbons (Fsp3) is 0.471. The SMILES string of the molecule is C[C@H](Cn1cncn1)NC(=O)c1cc(N2CCCCC2)ccc1Cl. The first-order valence-electron chi connectivity index (χ1n) is 8.31. The number of carbonyl (C=O) groups is 1. The van der Waals surface area contributed by atoms with Gasteiger partial charge in [-0.15, -0.1) is 0 Å². The Kier molecular flexibility index (Phi) is 5.35. The van der Waals surface area contributed by atoms with Gasteiger partial charge in [0.05, 0.1) is 17.1 Å². The molecule has 1 aromatic carbocycles. The van der Waals surface area contributed by atoms with Crippen LogP contribution < -0.4 is 10.2 Å². The van der Waals surface area contributed by atoms with Crippen molar-refractivity contribution < 1.29 is 4.79 Å². The molecule has 1 aliphatic heterocycles. The van der Waals surface area contributed by atoms with Gasteiger partial charge in [-0.1, -0.05) is 11.6 Å². The van der Waals surface area contributed by atoms with Crippen LogP contribution in [-0.2, 0) is 6.54 Å². The zero-order valence-corrected chi connectivity index (χ0v) is 14.5. The molecule has 0 radical (unpaired) electrons. The monoisotopic (exact) mass is 347 g/mol. The Bertz CT molecular complexity index is 682. The van der Waals surface area contributed by atoms with Gasteiger partial charge in [-0.3, -0.25) is 9.48 Å². The van der Waals surface area contributed by atoms with E-state index in [9.17, 15) is 4.79 Å². The number of rotatable bonds is 5. The van der Waals surface area contributed by atoms with Gasteiger partial charge in [0.1, 0.15) is 12.7 Å². The number of hydrogen-bond acceptors (Lipinski definition) is 4. The molecular weight excluding hydrogens is 326 g/mol. The van der Waals surface area contributed by atoms with Crippen LogP contribution in [0.15, 0.2) is 30.9 Å². The van der Waals surface area contributed by atoms with Crippen molar-refractivity contribution in [3.63, 3.8) is 0 Å². The van der Waals surface area contributed by atoms with Crippen molar-refractivity contribution in [2.75, 3.05) is 18.0 Å². The van der Waals surface area contributed by atoms with Crippen molar-refractivity contribution in [2.24, 2.45) is 0 Å². The van der Waals surface area contributed by atoms with Crippen molar-refractivity contribution in [3.8, 4) is 0 Å². The second-order valence-corrected chi connectivity index (χ2v) is 6.61. The van der Waals surface area contributed by atoms with Gasteiger partial charge in [0.15, 0.2) is 0 Å². The van der Waals surface area contributed by atoms with Crippen LogP contribution in [0.3, 0.4) is 0 Å². The number of piperidine rings is 1. The maximum atomic E-state index is 12.6. The zero-order valence-electron chi connectivity index (χ0n) is 13.8. The van der Waals surface area contributed by atoms with Gasteiger partial charge in [0, 0.05) is 24.8 Å². The van der Waals surface area contributed by atoms with Crippen molar-refractivity contribution in [1.29, 1.82) is 0 Å². The Hall–Kier alpha value is -2.08. The van der Waals surface area contributed by atoms with Gasteiger partial charge < -0.3 is 10.2 Å². The summed E-state index contributed by atoms with van der Waals surface area (Å²) in [6.45, 7) is 4.56. The Morgan fingerprint density at radius 2 is 2.12 bits per heavy atom. The highest BCUT2D eigenvalue weighted by atomic mass is 35.5. The summed E-state index contributed by atoms with van der Waals surface area (Å²) in [6, 6.07) is 5.62. The predicted octanol–water partition coefficient (Wildman–Crippen LogP) is 2.74. The van der Waals surface area contributed by atoms with E-state index in [0.717, 1.165) is 18.8 Å². The molecule has 24 heavy (non-hydrogen) atoms. The summed E-state index contributed by atoms with van der Waals surface area (Å²) in [5, 5.41) is 7.50. The first-order valence-corrected chi connectivity index (χ1v) is 8.69. The zero-order chi connectivity index (χ0) is 16.9. The van der Waals surface area contributed by atoms with E-state index < -0.39 is 0 Å². The summed E-state index contributed by atoms with van der Waals surface area (Å²) in [4.78, 5) is 18.8. The van der Waals surface area contributed by atoms with Crippen LogP contribution >= 0.6 is 11.6 Å². The molecule has 6 nitrogen and oxygen atoms in total. The standard InChI is InChI=1S/C17H22ClN5O/c1-13(10-23-12-19-11-20-23)21-17(24)15-9-14(5-6-16(15)18)22-7-3-2-4-8-22/h5-6,9,11-13H,2-4,7-8,10H2,1H3,(H,21,24)/t13-/m1/s1. The minimum atomic E-state index is -0.161. The van der Waals surface area contributed by atoms with Crippen molar-refractivity contribution in [1.82, 2.24) is 20.1 Å². The quantitative estimate of drug-likeness (QED) is 0.903. The largest absolute Gasteiger partial charge is 0.372 e. The van der Waals surface area contributed by atoms with E-state index in [1.54, 1.807) is 11.0 Å². The molecule has 1 atom stereocenters. The average molecular weight is 348 g/mol. The Labute approximate surface area is 146 Å². The molecule has 1 aliphatic rings. The van der Waals surface area contributed by atoms with Gasteiger partial charge >= 0.3 is 0 Å². The number of amides is 1. The first-order chi connectivity index (χ1) is 11.6. The number of carbonyl (C=O) groups excluding carboxylic acids is 1. The van der Waals surface area contributed by atoms with E-state index in [2.05, 4.69) is 20.3 Å². The van der Waals surface area contributed by atoms with E-state index in [0.29, 0.717) is 17.1 Å². The van der Waals surface area contributed by atoms with Gasteiger partial charge in [0.25, 0.3) is 5.91 Å². The van der Waals surface area contributed by atoms with E-state index in [1.165, 1.54) is 25.6 Å². The number of nitrogens with zero attached hydrogens (tertiary/aromatic N) is 4. The molecule has 1 saturated heterocycles. The number of nitrogens with one attached hydrogen (secondary N) is 1. The summed E-state index contributed by atoms with van der Waals surface area (Å²) in [5.41, 5.74) is 1.58. The molecule has 128 valence electrons. The van der Waals surface area contributed by atoms with E-state index >= 15 is 0 Å². The molecule has 3 rings (SSSR count). The van der Waals surface area contributed by atoms with Crippen LogP contribution in [0.5, 0.6) is 0 Å². The topological polar surface area (TPSA) is 63.1 Å². The van der Waals surface area contributed by atoms with Crippen LogP contribution in [0, 0.1) is 0 Å². The van der Waals surface area contributed by atoms with E-state index in [1.807, 2.05) is 25.1 Å². The second kappa shape index (κ2) is 7.66. The molecule has 1 N–H and O–H groups in total. The minimum Gasteiger partial charge on any atom is -0.372 e. The Balaban J connectivity index is 1.69. The molecule has 1 amide bonds. The third-order valence-electron chi connectivity index (χ3n) is 4.22. The molecule has 0 aliphatic carbocycles. The summed E-state index contributed by atoms with van der Waals surface area (Å²) < 4.78 is 1.69. The maximum absolute atomic E-state index is 12.6. The Morgan fingerprint density at radius 1 is 1.33 bits per heavy atom. The van der Waals surface area contributed by atoms with E-state index in [-0.39, 0.29) is 11.9 Å². The molecule has 1 aromatic heterocycles. The summed E-state index contributed by atoms with van der Waals surface area (Å²) in [5.74, 6) is -0.161. The van der Waals surface area contributed by atoms with Gasteiger partial charge in [-0.05, 0) is 44.4 Å². The molecule has 2 aromatic rings. The highest BCUT2D eigenvalue weighted by molar-refractivity contribution is 6.34. The van der Waals surface area contributed by atoms with Crippen LogP contribution in [0.25, 0.3) is 0 Å². The van der Waals surface area contributed by atoms with Crippen molar-refractivity contribution >= 4 is 23.2 Å². The molecule has 0 unspecified atom stereocenters. The molecule has 1 fully saturated rings. The van der Waals surface area contributed by atoms with Crippen LogP contribution in [0.2, 0.25) is 5.02 Å². The van der Waals surface area contributed by atoms with Gasteiger partial charge in [-0.2, -0.15) is 5.10 Å². The fourth-order valence-electron chi connectivity index (χ4n) is 2.99. The molecule has 0 spiro atoms. The number of aromatic nitrogens is 3. The number of hydrogen-bond donors (Lipinski definition) is 1. The minimum absolute atomic E-state index is 0.0751. The lowest BCUT2D eigenvalue weighted by Crippen LogP contribution is -2.36. The van der Waals surface area contributed by atoms with Crippen LogP contribution in [0.1, 0.15) is 36.5 Å². The third-order valence-corrected chi connectivity index (χ3v) is 4.55. The molecule has 0 bridgehead atoms. The normalized spacial score (nSPS) is 16.0. The van der Waals surface area contributed by atoms with E-state index in [4.69, 9.17) is 11.6 Å². The second-order valence-electron chi connectivity index (χ2n) is 6.20. The number of anilines is 1.